The predicted molar refractivity (Wildman–Crippen MR) is 89.9 cm³/mol. The number of fused-ring (bicyclic) bond motifs is 1. The molecule has 3 rings (SSSR count). The molecular weight excluding hydrogens is 274 g/mol. The van der Waals surface area contributed by atoms with E-state index in [4.69, 9.17) is 0 Å². The second-order valence-electron chi connectivity index (χ2n) is 6.17. The number of aliphatic imine (C=N–C) groups is 1. The number of aryl methyl sites for hydroxylation is 1. The van der Waals surface area contributed by atoms with E-state index in [1.165, 1.54) is 5.56 Å². The minimum absolute atomic E-state index is 0.402. The molecule has 4 heteroatoms. The molecule has 22 heavy (non-hydrogen) atoms. The third kappa shape index (κ3) is 3.17. The second kappa shape index (κ2) is 6.53. The Morgan fingerprint density at radius 2 is 2.09 bits per heavy atom. The van der Waals surface area contributed by atoms with Gasteiger partial charge in [-0.2, -0.15) is 0 Å². The predicted octanol–water partition coefficient (Wildman–Crippen LogP) is 2.09. The third-order valence-electron chi connectivity index (χ3n) is 4.52. The Hall–Kier alpha value is -1.81. The van der Waals surface area contributed by atoms with Gasteiger partial charge in [0.15, 0.2) is 5.96 Å². The highest BCUT2D eigenvalue weighted by Gasteiger charge is 2.36. The summed E-state index contributed by atoms with van der Waals surface area (Å²) in [6, 6.07) is 8.58. The Morgan fingerprint density at radius 1 is 1.32 bits per heavy atom. The van der Waals surface area contributed by atoms with Gasteiger partial charge < -0.3 is 15.7 Å². The van der Waals surface area contributed by atoms with E-state index in [-0.39, 0.29) is 0 Å². The van der Waals surface area contributed by atoms with Crippen LogP contribution in [0.15, 0.2) is 41.4 Å². The Labute approximate surface area is 132 Å². The smallest absolute Gasteiger partial charge is 0.191 e. The number of nitrogens with one attached hydrogen (secondary N) is 2. The van der Waals surface area contributed by atoms with E-state index in [9.17, 15) is 5.11 Å². The molecule has 1 unspecified atom stereocenters. The number of nitrogens with zero attached hydrogens (tertiary/aromatic N) is 1. The molecule has 0 bridgehead atoms. The lowest BCUT2D eigenvalue weighted by Gasteiger charge is -2.23. The largest absolute Gasteiger partial charge is 0.383 e. The SMILES string of the molecule is CCNC(=NCC1(O)CCc2ccccc21)NC1CC=CC1. The number of hydrogen-bond acceptors (Lipinski definition) is 2. The summed E-state index contributed by atoms with van der Waals surface area (Å²) in [6.07, 6.45) is 8.15. The molecule has 2 aliphatic carbocycles. The number of aliphatic hydroxyl groups is 1. The summed E-state index contributed by atoms with van der Waals surface area (Å²) >= 11 is 0. The molecule has 0 saturated heterocycles. The molecular formula is C18H25N3O. The van der Waals surface area contributed by atoms with Crippen LogP contribution in [-0.4, -0.2) is 30.2 Å². The van der Waals surface area contributed by atoms with Gasteiger partial charge in [-0.15, -0.1) is 0 Å². The molecule has 1 aromatic carbocycles. The van der Waals surface area contributed by atoms with Gasteiger partial charge in [-0.1, -0.05) is 36.4 Å². The Kier molecular flexibility index (Phi) is 4.48. The average Bonchev–Trinajstić information content (AvgIpc) is 3.15. The summed E-state index contributed by atoms with van der Waals surface area (Å²) < 4.78 is 0. The van der Waals surface area contributed by atoms with Crippen molar-refractivity contribution in [2.75, 3.05) is 13.1 Å². The Morgan fingerprint density at radius 3 is 2.86 bits per heavy atom. The first kappa shape index (κ1) is 15.1. The van der Waals surface area contributed by atoms with Gasteiger partial charge in [-0.25, -0.2) is 4.99 Å². The van der Waals surface area contributed by atoms with Crippen LogP contribution in [0.5, 0.6) is 0 Å². The molecule has 0 fully saturated rings. The molecule has 4 nitrogen and oxygen atoms in total. The van der Waals surface area contributed by atoms with Crippen molar-refractivity contribution < 1.29 is 5.11 Å². The second-order valence-corrected chi connectivity index (χ2v) is 6.17. The highest BCUT2D eigenvalue weighted by molar-refractivity contribution is 5.80. The minimum Gasteiger partial charge on any atom is -0.383 e. The van der Waals surface area contributed by atoms with E-state index in [0.717, 1.165) is 43.8 Å². The first-order chi connectivity index (χ1) is 10.7. The van der Waals surface area contributed by atoms with Crippen LogP contribution in [0, 0.1) is 0 Å². The first-order valence-electron chi connectivity index (χ1n) is 8.22. The summed E-state index contributed by atoms with van der Waals surface area (Å²) in [5.74, 6) is 0.800. The van der Waals surface area contributed by atoms with Crippen molar-refractivity contribution in [3.05, 3.63) is 47.5 Å². The maximum atomic E-state index is 10.9. The molecule has 2 aliphatic rings. The highest BCUT2D eigenvalue weighted by atomic mass is 16.3. The monoisotopic (exact) mass is 299 g/mol. The molecule has 118 valence electrons. The maximum absolute atomic E-state index is 10.9. The average molecular weight is 299 g/mol. The molecule has 0 saturated carbocycles. The lowest BCUT2D eigenvalue weighted by molar-refractivity contribution is 0.0485. The van der Waals surface area contributed by atoms with Gasteiger partial charge >= 0.3 is 0 Å². The lowest BCUT2D eigenvalue weighted by atomic mass is 9.96. The van der Waals surface area contributed by atoms with Crippen molar-refractivity contribution in [1.82, 2.24) is 10.6 Å². The van der Waals surface area contributed by atoms with E-state index < -0.39 is 5.60 Å². The fraction of sp³-hybridized carbons (Fsp3) is 0.500. The highest BCUT2D eigenvalue weighted by Crippen LogP contribution is 2.36. The van der Waals surface area contributed by atoms with Crippen molar-refractivity contribution in [1.29, 1.82) is 0 Å². The molecule has 0 radical (unpaired) electrons. The molecule has 0 aliphatic heterocycles. The zero-order chi connectivity index (χ0) is 15.4. The van der Waals surface area contributed by atoms with Gasteiger partial charge in [-0.05, 0) is 43.7 Å². The molecule has 0 aromatic heterocycles. The van der Waals surface area contributed by atoms with Gasteiger partial charge in [0.25, 0.3) is 0 Å². The van der Waals surface area contributed by atoms with E-state index in [1.807, 2.05) is 18.2 Å². The topological polar surface area (TPSA) is 56.7 Å². The van der Waals surface area contributed by atoms with E-state index >= 15 is 0 Å². The summed E-state index contributed by atoms with van der Waals surface area (Å²) in [4.78, 5) is 4.65. The summed E-state index contributed by atoms with van der Waals surface area (Å²) in [6.45, 7) is 3.28. The van der Waals surface area contributed by atoms with Crippen molar-refractivity contribution in [2.24, 2.45) is 4.99 Å². The van der Waals surface area contributed by atoms with E-state index in [0.29, 0.717) is 12.6 Å². The van der Waals surface area contributed by atoms with Crippen LogP contribution in [0.1, 0.15) is 37.3 Å². The van der Waals surface area contributed by atoms with Crippen LogP contribution in [0.4, 0.5) is 0 Å². The number of rotatable bonds is 4. The summed E-state index contributed by atoms with van der Waals surface area (Å²) in [7, 11) is 0. The third-order valence-corrected chi connectivity index (χ3v) is 4.52. The Balaban J connectivity index is 1.70. The van der Waals surface area contributed by atoms with Crippen molar-refractivity contribution in [2.45, 2.75) is 44.2 Å². The van der Waals surface area contributed by atoms with Crippen LogP contribution in [0.25, 0.3) is 0 Å². The lowest BCUT2D eigenvalue weighted by Crippen LogP contribution is -2.43. The van der Waals surface area contributed by atoms with E-state index in [1.54, 1.807) is 0 Å². The summed E-state index contributed by atoms with van der Waals surface area (Å²) in [5.41, 5.74) is 1.46. The van der Waals surface area contributed by atoms with E-state index in [2.05, 4.69) is 40.8 Å². The normalized spacial score (nSPS) is 24.5. The maximum Gasteiger partial charge on any atom is 0.191 e. The fourth-order valence-corrected chi connectivity index (χ4v) is 3.29. The quantitative estimate of drug-likeness (QED) is 0.453. The molecule has 1 atom stereocenters. The zero-order valence-electron chi connectivity index (χ0n) is 13.2. The fourth-order valence-electron chi connectivity index (χ4n) is 3.29. The standard InChI is InChI=1S/C18H25N3O/c1-2-19-17(21-15-8-4-5-9-15)20-13-18(22)12-11-14-7-3-6-10-16(14)18/h3-7,10,15,22H,2,8-9,11-13H2,1H3,(H2,19,20,21). The molecule has 0 amide bonds. The van der Waals surface area contributed by atoms with Gasteiger partial charge in [0.05, 0.1) is 6.54 Å². The molecule has 0 spiro atoms. The first-order valence-corrected chi connectivity index (χ1v) is 8.22. The van der Waals surface area contributed by atoms with Crippen LogP contribution in [0.3, 0.4) is 0 Å². The Bertz CT molecular complexity index is 573. The molecule has 3 N–H and O–H groups in total. The van der Waals surface area contributed by atoms with Crippen LogP contribution < -0.4 is 10.6 Å². The molecule has 0 heterocycles. The van der Waals surface area contributed by atoms with Crippen LogP contribution >= 0.6 is 0 Å². The van der Waals surface area contributed by atoms with Crippen molar-refractivity contribution in [3.8, 4) is 0 Å². The van der Waals surface area contributed by atoms with Gasteiger partial charge in [-0.3, -0.25) is 0 Å². The van der Waals surface area contributed by atoms with Gasteiger partial charge in [0, 0.05) is 12.6 Å². The van der Waals surface area contributed by atoms with Gasteiger partial charge in [0.1, 0.15) is 5.60 Å². The van der Waals surface area contributed by atoms with Crippen molar-refractivity contribution in [3.63, 3.8) is 0 Å². The summed E-state index contributed by atoms with van der Waals surface area (Å²) in [5, 5.41) is 17.7. The molecule has 1 aromatic rings. The van der Waals surface area contributed by atoms with Crippen LogP contribution in [0.2, 0.25) is 0 Å². The minimum atomic E-state index is -0.827. The zero-order valence-corrected chi connectivity index (χ0v) is 13.2. The van der Waals surface area contributed by atoms with Crippen LogP contribution in [-0.2, 0) is 12.0 Å². The number of benzene rings is 1. The van der Waals surface area contributed by atoms with Crippen molar-refractivity contribution >= 4 is 5.96 Å². The number of guanidine groups is 1. The number of hydrogen-bond donors (Lipinski definition) is 3. The van der Waals surface area contributed by atoms with Gasteiger partial charge in [0.2, 0.25) is 0 Å².